The molecule has 0 saturated heterocycles. The van der Waals surface area contributed by atoms with Crippen molar-refractivity contribution < 1.29 is 39.3 Å². The normalized spacial score (nSPS) is 14.4. The number of benzene rings is 1. The summed E-state index contributed by atoms with van der Waals surface area (Å²) >= 11 is 0. The summed E-state index contributed by atoms with van der Waals surface area (Å²) in [6.07, 6.45) is -0.637. The van der Waals surface area contributed by atoms with Crippen LogP contribution >= 0.6 is 0 Å². The molecule has 0 radical (unpaired) electrons. The number of carbonyl (C=O) groups is 5. The molecule has 0 spiro atoms. The Bertz CT molecular complexity index is 1130. The highest BCUT2D eigenvalue weighted by atomic mass is 16.4. The molecule has 0 unspecified atom stereocenters. The number of fused-ring (bicyclic) bond motifs is 1. The average molecular weight is 503 g/mol. The first kappa shape index (κ1) is 28.2. The van der Waals surface area contributed by atoms with Crippen LogP contribution in [0.2, 0.25) is 0 Å². The maximum Gasteiger partial charge on any atom is 0.328 e. The first-order valence-electron chi connectivity index (χ1n) is 11.3. The standard InChI is InChI=1S/C24H30N4O8/c1-12(2)8-17(26-21(32)16-9-14-6-4-5-7-15(14)11-25-16)22(33)27-18(10-19(30)31)23(34)28-20(13(3)29)24(35)36/h4-7,9,11-13,17-18,20,29H,8,10H2,1-3H3,(H,26,32)(H,27,33)(H,28,34)(H,30,31)(H,35,36)/t13-,17+,18+,20+/m1/s1. The highest BCUT2D eigenvalue weighted by Crippen LogP contribution is 2.14. The third kappa shape index (κ3) is 8.01. The zero-order valence-electron chi connectivity index (χ0n) is 20.1. The number of pyridine rings is 1. The predicted molar refractivity (Wildman–Crippen MR) is 128 cm³/mol. The van der Waals surface area contributed by atoms with Gasteiger partial charge in [0.05, 0.1) is 12.5 Å². The number of carboxylic acids is 2. The van der Waals surface area contributed by atoms with Gasteiger partial charge in [-0.2, -0.15) is 0 Å². The lowest BCUT2D eigenvalue weighted by atomic mass is 10.0. The van der Waals surface area contributed by atoms with Crippen LogP contribution in [0.4, 0.5) is 0 Å². The summed E-state index contributed by atoms with van der Waals surface area (Å²) in [5.41, 5.74) is 0.0660. The Morgan fingerprint density at radius 3 is 2.06 bits per heavy atom. The quantitative estimate of drug-likeness (QED) is 0.236. The van der Waals surface area contributed by atoms with Crippen molar-refractivity contribution in [3.63, 3.8) is 0 Å². The molecule has 36 heavy (non-hydrogen) atoms. The van der Waals surface area contributed by atoms with Crippen molar-refractivity contribution >= 4 is 40.4 Å². The number of amides is 3. The van der Waals surface area contributed by atoms with Gasteiger partial charge in [-0.15, -0.1) is 0 Å². The molecule has 12 nitrogen and oxygen atoms in total. The Kier molecular flexibility index (Phi) is 9.85. The van der Waals surface area contributed by atoms with Crippen molar-refractivity contribution in [1.29, 1.82) is 0 Å². The Hall–Kier alpha value is -4.06. The third-order valence-electron chi connectivity index (χ3n) is 5.25. The van der Waals surface area contributed by atoms with E-state index < -0.39 is 60.3 Å². The minimum atomic E-state index is -1.71. The number of nitrogens with one attached hydrogen (secondary N) is 3. The first-order chi connectivity index (χ1) is 16.9. The van der Waals surface area contributed by atoms with Crippen molar-refractivity contribution in [2.75, 3.05) is 0 Å². The summed E-state index contributed by atoms with van der Waals surface area (Å²) in [6.45, 7) is 4.75. The molecule has 12 heteroatoms. The van der Waals surface area contributed by atoms with Gasteiger partial charge in [0.25, 0.3) is 5.91 Å². The number of aliphatic carboxylic acids is 2. The average Bonchev–Trinajstić information content (AvgIpc) is 2.80. The second-order valence-corrected chi connectivity index (χ2v) is 8.80. The molecule has 0 fully saturated rings. The van der Waals surface area contributed by atoms with Crippen LogP contribution in [-0.2, 0) is 19.2 Å². The Balaban J connectivity index is 2.21. The van der Waals surface area contributed by atoms with E-state index in [9.17, 15) is 34.2 Å². The summed E-state index contributed by atoms with van der Waals surface area (Å²) < 4.78 is 0. The monoisotopic (exact) mass is 502 g/mol. The van der Waals surface area contributed by atoms with E-state index in [1.807, 2.05) is 31.3 Å². The van der Waals surface area contributed by atoms with Crippen LogP contribution in [0.15, 0.2) is 36.5 Å². The molecule has 3 amide bonds. The predicted octanol–water partition coefficient (Wildman–Crippen LogP) is 0.289. The first-order valence-corrected chi connectivity index (χ1v) is 11.3. The molecule has 1 heterocycles. The second kappa shape index (κ2) is 12.6. The second-order valence-electron chi connectivity index (χ2n) is 8.80. The lowest BCUT2D eigenvalue weighted by Gasteiger charge is -2.25. The molecule has 0 aliphatic carbocycles. The van der Waals surface area contributed by atoms with Gasteiger partial charge >= 0.3 is 11.9 Å². The molecule has 0 aliphatic heterocycles. The molecule has 4 atom stereocenters. The van der Waals surface area contributed by atoms with Crippen LogP contribution in [0.1, 0.15) is 44.1 Å². The lowest BCUT2D eigenvalue weighted by molar-refractivity contribution is -0.145. The van der Waals surface area contributed by atoms with Gasteiger partial charge in [0, 0.05) is 11.6 Å². The molecule has 1 aromatic heterocycles. The Morgan fingerprint density at radius 2 is 1.50 bits per heavy atom. The number of carbonyl (C=O) groups excluding carboxylic acids is 3. The molecule has 6 N–H and O–H groups in total. The minimum absolute atomic E-state index is 0.0657. The van der Waals surface area contributed by atoms with E-state index in [-0.39, 0.29) is 18.0 Å². The fourth-order valence-corrected chi connectivity index (χ4v) is 3.44. The largest absolute Gasteiger partial charge is 0.481 e. The van der Waals surface area contributed by atoms with Crippen LogP contribution in [0.3, 0.4) is 0 Å². The number of hydrogen-bond acceptors (Lipinski definition) is 7. The van der Waals surface area contributed by atoms with Crippen LogP contribution in [0.25, 0.3) is 10.8 Å². The van der Waals surface area contributed by atoms with E-state index in [1.165, 1.54) is 6.20 Å². The molecule has 0 aliphatic rings. The van der Waals surface area contributed by atoms with Gasteiger partial charge in [0.1, 0.15) is 17.8 Å². The van der Waals surface area contributed by atoms with E-state index in [0.29, 0.717) is 0 Å². The number of aliphatic hydroxyl groups excluding tert-OH is 1. The van der Waals surface area contributed by atoms with Crippen molar-refractivity contribution in [2.45, 2.75) is 57.8 Å². The van der Waals surface area contributed by atoms with Crippen molar-refractivity contribution in [1.82, 2.24) is 20.9 Å². The van der Waals surface area contributed by atoms with E-state index in [2.05, 4.69) is 15.6 Å². The van der Waals surface area contributed by atoms with Crippen molar-refractivity contribution in [2.24, 2.45) is 5.92 Å². The number of aromatic nitrogens is 1. The molecule has 194 valence electrons. The molecule has 2 rings (SSSR count). The molecule has 0 bridgehead atoms. The molecular formula is C24H30N4O8. The number of rotatable bonds is 12. The third-order valence-corrected chi connectivity index (χ3v) is 5.25. The molecular weight excluding hydrogens is 472 g/mol. The van der Waals surface area contributed by atoms with E-state index in [0.717, 1.165) is 17.7 Å². The van der Waals surface area contributed by atoms with Gasteiger partial charge in [-0.3, -0.25) is 24.2 Å². The number of aliphatic hydroxyl groups is 1. The van der Waals surface area contributed by atoms with E-state index >= 15 is 0 Å². The van der Waals surface area contributed by atoms with Gasteiger partial charge in [0.15, 0.2) is 6.04 Å². The minimum Gasteiger partial charge on any atom is -0.481 e. The van der Waals surface area contributed by atoms with E-state index in [1.54, 1.807) is 18.2 Å². The van der Waals surface area contributed by atoms with Gasteiger partial charge in [-0.05, 0) is 30.7 Å². The summed E-state index contributed by atoms with van der Waals surface area (Å²) in [5.74, 6) is -5.60. The highest BCUT2D eigenvalue weighted by Gasteiger charge is 2.33. The fraction of sp³-hybridized carbons (Fsp3) is 0.417. The summed E-state index contributed by atoms with van der Waals surface area (Å²) in [4.78, 5) is 65.2. The SMILES string of the molecule is CC(C)C[C@H](NC(=O)c1cc2ccccc2cn1)C(=O)N[C@@H](CC(=O)O)C(=O)N[C@H](C(=O)O)[C@@H](C)O. The summed E-state index contributed by atoms with van der Waals surface area (Å²) in [7, 11) is 0. The van der Waals surface area contributed by atoms with E-state index in [4.69, 9.17) is 5.11 Å². The summed E-state index contributed by atoms with van der Waals surface area (Å²) in [6, 6.07) is 4.34. The number of nitrogens with zero attached hydrogens (tertiary/aromatic N) is 1. The van der Waals surface area contributed by atoms with Crippen molar-refractivity contribution in [3.05, 3.63) is 42.2 Å². The lowest BCUT2D eigenvalue weighted by Crippen LogP contribution is -2.58. The zero-order valence-corrected chi connectivity index (χ0v) is 20.1. The van der Waals surface area contributed by atoms with Gasteiger partial charge in [-0.25, -0.2) is 4.79 Å². The van der Waals surface area contributed by atoms with Crippen LogP contribution in [0, 0.1) is 5.92 Å². The maximum absolute atomic E-state index is 13.0. The fourth-order valence-electron chi connectivity index (χ4n) is 3.44. The Labute approximate surface area is 207 Å². The topological polar surface area (TPSA) is 195 Å². The highest BCUT2D eigenvalue weighted by molar-refractivity contribution is 6.00. The summed E-state index contributed by atoms with van der Waals surface area (Å²) in [5, 5.41) is 36.4. The molecule has 1 aromatic carbocycles. The van der Waals surface area contributed by atoms with Gasteiger partial charge in [0.2, 0.25) is 11.8 Å². The van der Waals surface area contributed by atoms with Crippen molar-refractivity contribution in [3.8, 4) is 0 Å². The zero-order chi connectivity index (χ0) is 27.0. The smallest absolute Gasteiger partial charge is 0.328 e. The Morgan fingerprint density at radius 1 is 0.889 bits per heavy atom. The van der Waals surface area contributed by atoms with Crippen LogP contribution in [0.5, 0.6) is 0 Å². The van der Waals surface area contributed by atoms with Crippen LogP contribution < -0.4 is 16.0 Å². The van der Waals surface area contributed by atoms with Crippen LogP contribution in [-0.4, -0.2) is 74.2 Å². The molecule has 0 saturated carbocycles. The number of carboxylic acid groups (broad SMARTS) is 2. The van der Waals surface area contributed by atoms with Gasteiger partial charge < -0.3 is 31.3 Å². The maximum atomic E-state index is 13.0. The number of hydrogen-bond donors (Lipinski definition) is 6. The van der Waals surface area contributed by atoms with Gasteiger partial charge in [-0.1, -0.05) is 38.1 Å². The molecule has 2 aromatic rings.